The molecule has 2 aliphatic rings. The Balaban J connectivity index is 1.53. The fourth-order valence-corrected chi connectivity index (χ4v) is 2.92. The number of fused-ring (bicyclic) bond motifs is 1. The first-order valence-electron chi connectivity index (χ1n) is 7.69. The summed E-state index contributed by atoms with van der Waals surface area (Å²) in [7, 11) is 0. The van der Waals surface area contributed by atoms with E-state index in [1.54, 1.807) is 30.6 Å². The van der Waals surface area contributed by atoms with Gasteiger partial charge in [0.25, 0.3) is 5.91 Å². The number of benzene rings is 1. The molecule has 3 N–H and O–H groups in total. The second-order valence-electron chi connectivity index (χ2n) is 5.90. The quantitative estimate of drug-likeness (QED) is 0.779. The fourth-order valence-electron chi connectivity index (χ4n) is 2.71. The molecule has 1 aliphatic carbocycles. The maximum absolute atomic E-state index is 12.4. The highest BCUT2D eigenvalue weighted by Crippen LogP contribution is 2.44. The van der Waals surface area contributed by atoms with E-state index in [4.69, 9.17) is 16.3 Å². The number of carbonyl (C=O) groups is 2. The molecular formula is C16H14ClN5O3. The average molecular weight is 360 g/mol. The van der Waals surface area contributed by atoms with Gasteiger partial charge in [-0.05, 0) is 31.0 Å². The van der Waals surface area contributed by atoms with E-state index in [-0.39, 0.29) is 12.5 Å². The van der Waals surface area contributed by atoms with Crippen LogP contribution < -0.4 is 20.7 Å². The van der Waals surface area contributed by atoms with Crippen molar-refractivity contribution in [1.82, 2.24) is 15.3 Å². The van der Waals surface area contributed by atoms with Crippen molar-refractivity contribution in [2.45, 2.75) is 18.4 Å². The molecule has 1 fully saturated rings. The lowest BCUT2D eigenvalue weighted by Crippen LogP contribution is -2.39. The Morgan fingerprint density at radius 2 is 2.04 bits per heavy atom. The number of hydrogen-bond acceptors (Lipinski definition) is 5. The molecule has 1 aromatic heterocycles. The number of anilines is 2. The van der Waals surface area contributed by atoms with Gasteiger partial charge >= 0.3 is 6.03 Å². The monoisotopic (exact) mass is 359 g/mol. The summed E-state index contributed by atoms with van der Waals surface area (Å²) in [6.07, 6.45) is 4.83. The number of nitrogens with one attached hydrogen (secondary N) is 3. The summed E-state index contributed by atoms with van der Waals surface area (Å²) in [6, 6.07) is 4.44. The molecule has 0 unspecified atom stereocenters. The van der Waals surface area contributed by atoms with Crippen LogP contribution in [0.25, 0.3) is 0 Å². The van der Waals surface area contributed by atoms with Crippen LogP contribution in [0.1, 0.15) is 18.7 Å². The van der Waals surface area contributed by atoms with Crippen molar-refractivity contribution in [3.05, 3.63) is 41.4 Å². The highest BCUT2D eigenvalue weighted by molar-refractivity contribution is 6.31. The number of carbonyl (C=O) groups excluding carboxylic acids is 2. The maximum Gasteiger partial charge on any atom is 0.320 e. The van der Waals surface area contributed by atoms with Gasteiger partial charge in [0.05, 0.1) is 11.4 Å². The van der Waals surface area contributed by atoms with Gasteiger partial charge in [-0.25, -0.2) is 14.8 Å². The fraction of sp³-hybridized carbons (Fsp3) is 0.250. The molecule has 1 saturated carbocycles. The lowest BCUT2D eigenvalue weighted by atomic mass is 10.2. The van der Waals surface area contributed by atoms with Gasteiger partial charge in [-0.3, -0.25) is 4.79 Å². The summed E-state index contributed by atoms with van der Waals surface area (Å²) < 4.78 is 5.42. The number of aromatic nitrogens is 2. The zero-order chi connectivity index (χ0) is 17.4. The van der Waals surface area contributed by atoms with E-state index in [2.05, 4.69) is 25.9 Å². The van der Waals surface area contributed by atoms with Gasteiger partial charge in [-0.1, -0.05) is 11.6 Å². The molecule has 0 saturated heterocycles. The van der Waals surface area contributed by atoms with Crippen molar-refractivity contribution in [1.29, 1.82) is 0 Å². The van der Waals surface area contributed by atoms with Gasteiger partial charge in [-0.15, -0.1) is 0 Å². The molecule has 25 heavy (non-hydrogen) atoms. The van der Waals surface area contributed by atoms with Gasteiger partial charge in [0.2, 0.25) is 0 Å². The number of rotatable bonds is 3. The Bertz CT molecular complexity index is 854. The van der Waals surface area contributed by atoms with Crippen molar-refractivity contribution in [2.75, 3.05) is 17.2 Å². The van der Waals surface area contributed by atoms with E-state index in [1.165, 1.54) is 0 Å². The van der Waals surface area contributed by atoms with Gasteiger partial charge in [0.15, 0.2) is 18.2 Å². The van der Waals surface area contributed by atoms with Crippen molar-refractivity contribution in [2.24, 2.45) is 0 Å². The summed E-state index contributed by atoms with van der Waals surface area (Å²) in [6.45, 7) is -0.118. The molecule has 1 aromatic carbocycles. The maximum atomic E-state index is 12.4. The summed E-state index contributed by atoms with van der Waals surface area (Å²) >= 11 is 6.06. The second kappa shape index (κ2) is 5.89. The smallest absolute Gasteiger partial charge is 0.320 e. The summed E-state index contributed by atoms with van der Waals surface area (Å²) in [5.74, 6) is 0.685. The molecular weight excluding hydrogens is 346 g/mol. The Labute approximate surface area is 147 Å². The van der Waals surface area contributed by atoms with Gasteiger partial charge in [0.1, 0.15) is 5.54 Å². The molecule has 0 atom stereocenters. The number of urea groups is 1. The van der Waals surface area contributed by atoms with E-state index in [0.717, 1.165) is 12.8 Å². The van der Waals surface area contributed by atoms with E-state index in [1.807, 2.05) is 0 Å². The Kier molecular flexibility index (Phi) is 3.69. The first kappa shape index (κ1) is 15.6. The molecule has 0 spiro atoms. The molecule has 8 nitrogen and oxygen atoms in total. The average Bonchev–Trinajstić information content (AvgIpc) is 3.35. The van der Waals surface area contributed by atoms with E-state index in [0.29, 0.717) is 28.0 Å². The van der Waals surface area contributed by atoms with Crippen molar-refractivity contribution < 1.29 is 14.3 Å². The topological polar surface area (TPSA) is 105 Å². The Morgan fingerprint density at radius 3 is 2.76 bits per heavy atom. The highest BCUT2D eigenvalue weighted by Gasteiger charge is 2.48. The number of halogens is 1. The SMILES string of the molecule is O=C1COc2c(cc(Cl)cc2NC(=O)NC2(c3ncccn3)CC2)N1. The van der Waals surface area contributed by atoms with Crippen LogP contribution in [0.15, 0.2) is 30.6 Å². The molecule has 2 aromatic rings. The number of hydrogen-bond donors (Lipinski definition) is 3. The Morgan fingerprint density at radius 1 is 1.28 bits per heavy atom. The van der Waals surface area contributed by atoms with E-state index >= 15 is 0 Å². The molecule has 1 aliphatic heterocycles. The molecule has 9 heteroatoms. The van der Waals surface area contributed by atoms with Gasteiger partial charge in [-0.2, -0.15) is 0 Å². The van der Waals surface area contributed by atoms with Crippen LogP contribution in [0.5, 0.6) is 5.75 Å². The molecule has 128 valence electrons. The third-order valence-corrected chi connectivity index (χ3v) is 4.24. The summed E-state index contributed by atoms with van der Waals surface area (Å²) in [4.78, 5) is 32.3. The molecule has 4 rings (SSSR count). The lowest BCUT2D eigenvalue weighted by molar-refractivity contribution is -0.118. The molecule has 0 bridgehead atoms. The van der Waals surface area contributed by atoms with Crippen LogP contribution in [-0.4, -0.2) is 28.5 Å². The number of amides is 3. The molecule has 0 radical (unpaired) electrons. The third kappa shape index (κ3) is 3.08. The van der Waals surface area contributed by atoms with E-state index < -0.39 is 11.6 Å². The van der Waals surface area contributed by atoms with Crippen LogP contribution in [0.2, 0.25) is 5.02 Å². The first-order valence-corrected chi connectivity index (χ1v) is 8.06. The number of ether oxygens (including phenoxy) is 1. The minimum Gasteiger partial charge on any atom is -0.479 e. The molecule has 3 amide bonds. The zero-order valence-electron chi connectivity index (χ0n) is 13.0. The Hall–Kier alpha value is -2.87. The van der Waals surface area contributed by atoms with Crippen LogP contribution in [0.3, 0.4) is 0 Å². The minimum atomic E-state index is -0.543. The van der Waals surface area contributed by atoms with Crippen molar-refractivity contribution in [3.8, 4) is 5.75 Å². The normalized spacial score (nSPS) is 16.9. The van der Waals surface area contributed by atoms with Crippen LogP contribution >= 0.6 is 11.6 Å². The lowest BCUT2D eigenvalue weighted by Gasteiger charge is -2.22. The minimum absolute atomic E-state index is 0.118. The highest BCUT2D eigenvalue weighted by atomic mass is 35.5. The van der Waals surface area contributed by atoms with Gasteiger partial charge < -0.3 is 20.7 Å². The predicted molar refractivity (Wildman–Crippen MR) is 90.7 cm³/mol. The van der Waals surface area contributed by atoms with Crippen LogP contribution in [0, 0.1) is 0 Å². The first-order chi connectivity index (χ1) is 12.1. The predicted octanol–water partition coefficient (Wildman–Crippen LogP) is 2.27. The van der Waals surface area contributed by atoms with Gasteiger partial charge in [0, 0.05) is 17.4 Å². The zero-order valence-corrected chi connectivity index (χ0v) is 13.8. The van der Waals surface area contributed by atoms with Crippen LogP contribution in [-0.2, 0) is 10.3 Å². The summed E-state index contributed by atoms with van der Waals surface area (Å²) in [5.41, 5.74) is 0.260. The van der Waals surface area contributed by atoms with Crippen molar-refractivity contribution >= 4 is 34.9 Å². The second-order valence-corrected chi connectivity index (χ2v) is 6.34. The summed E-state index contributed by atoms with van der Waals surface area (Å²) in [5, 5.41) is 8.66. The van der Waals surface area contributed by atoms with E-state index in [9.17, 15) is 9.59 Å². The van der Waals surface area contributed by atoms with Crippen LogP contribution in [0.4, 0.5) is 16.2 Å². The number of nitrogens with zero attached hydrogens (tertiary/aromatic N) is 2. The third-order valence-electron chi connectivity index (χ3n) is 4.02. The molecule has 2 heterocycles. The van der Waals surface area contributed by atoms with Crippen molar-refractivity contribution in [3.63, 3.8) is 0 Å². The standard InChI is InChI=1S/C16H14ClN5O3/c17-9-6-10-13(25-8-12(23)20-10)11(7-9)21-15(24)22-16(2-3-16)14-18-4-1-5-19-14/h1,4-7H,2-3,8H2,(H,20,23)(H2,21,22,24). The largest absolute Gasteiger partial charge is 0.479 e.